The molecule has 0 atom stereocenters. The molecule has 0 aliphatic heterocycles. The Morgan fingerprint density at radius 1 is 0.920 bits per heavy atom. The average Bonchev–Trinajstić information content (AvgIpc) is 2.69. The van der Waals surface area contributed by atoms with Gasteiger partial charge in [-0.1, -0.05) is 30.3 Å². The molecule has 0 saturated carbocycles. The van der Waals surface area contributed by atoms with Crippen LogP contribution in [-0.4, -0.2) is 30.6 Å². The molecule has 0 amide bonds. The second-order valence-corrected chi connectivity index (χ2v) is 5.15. The van der Waals surface area contributed by atoms with Crippen LogP contribution in [0.4, 0.5) is 5.82 Å². The first-order chi connectivity index (χ1) is 12.3. The van der Waals surface area contributed by atoms with Crippen LogP contribution in [0, 0.1) is 0 Å². The van der Waals surface area contributed by atoms with Crippen molar-refractivity contribution < 1.29 is 9.47 Å². The van der Waals surface area contributed by atoms with Crippen LogP contribution in [0.1, 0.15) is 5.56 Å². The van der Waals surface area contributed by atoms with E-state index in [-0.39, 0.29) is 0 Å². The summed E-state index contributed by atoms with van der Waals surface area (Å²) in [5.41, 5.74) is 5.48. The molecule has 0 saturated heterocycles. The molecular formula is C19H18N4O2. The number of rotatable bonds is 6. The molecule has 6 heteroatoms. The SMILES string of the molecule is COc1ccc(OC)c(C=NNc2ccc(-c3ccccc3)nn2)c1. The van der Waals surface area contributed by atoms with Crippen molar-refractivity contribution >= 4 is 12.0 Å². The van der Waals surface area contributed by atoms with E-state index in [4.69, 9.17) is 9.47 Å². The van der Waals surface area contributed by atoms with Crippen LogP contribution in [-0.2, 0) is 0 Å². The van der Waals surface area contributed by atoms with Crippen molar-refractivity contribution in [1.29, 1.82) is 0 Å². The zero-order valence-electron chi connectivity index (χ0n) is 14.0. The summed E-state index contributed by atoms with van der Waals surface area (Å²) in [6, 6.07) is 19.1. The van der Waals surface area contributed by atoms with Gasteiger partial charge in [0.15, 0.2) is 5.82 Å². The summed E-state index contributed by atoms with van der Waals surface area (Å²) < 4.78 is 10.5. The monoisotopic (exact) mass is 334 g/mol. The molecule has 0 spiro atoms. The number of aromatic nitrogens is 2. The van der Waals surface area contributed by atoms with E-state index in [0.29, 0.717) is 11.6 Å². The Hall–Kier alpha value is -3.41. The van der Waals surface area contributed by atoms with Crippen LogP contribution in [0.3, 0.4) is 0 Å². The number of ether oxygens (including phenoxy) is 2. The summed E-state index contributed by atoms with van der Waals surface area (Å²) in [6.07, 6.45) is 1.65. The first-order valence-electron chi connectivity index (χ1n) is 7.70. The molecule has 3 aromatic rings. The van der Waals surface area contributed by atoms with E-state index >= 15 is 0 Å². The van der Waals surface area contributed by atoms with E-state index < -0.39 is 0 Å². The molecule has 0 radical (unpaired) electrons. The van der Waals surface area contributed by atoms with Crippen molar-refractivity contribution in [3.8, 4) is 22.8 Å². The van der Waals surface area contributed by atoms with E-state index in [9.17, 15) is 0 Å². The normalized spacial score (nSPS) is 10.6. The van der Waals surface area contributed by atoms with Crippen molar-refractivity contribution in [2.45, 2.75) is 0 Å². The maximum atomic E-state index is 5.31. The summed E-state index contributed by atoms with van der Waals surface area (Å²) in [5, 5.41) is 12.5. The number of hydrogen-bond donors (Lipinski definition) is 1. The molecule has 0 bridgehead atoms. The standard InChI is InChI=1S/C19H18N4O2/c1-24-16-8-10-18(25-2)15(12-16)13-20-22-19-11-9-17(21-23-19)14-6-4-3-5-7-14/h3-13H,1-2H3,(H,22,23). The van der Waals surface area contributed by atoms with Gasteiger partial charge in [-0.25, -0.2) is 0 Å². The molecule has 0 aliphatic carbocycles. The second kappa shape index (κ2) is 7.92. The van der Waals surface area contributed by atoms with Gasteiger partial charge in [0, 0.05) is 11.1 Å². The van der Waals surface area contributed by atoms with E-state index in [2.05, 4.69) is 20.7 Å². The van der Waals surface area contributed by atoms with Gasteiger partial charge < -0.3 is 9.47 Å². The van der Waals surface area contributed by atoms with Crippen molar-refractivity contribution in [2.75, 3.05) is 19.6 Å². The zero-order valence-corrected chi connectivity index (χ0v) is 14.0. The van der Waals surface area contributed by atoms with Gasteiger partial charge >= 0.3 is 0 Å². The third-order valence-electron chi connectivity index (χ3n) is 3.55. The predicted octanol–water partition coefficient (Wildman–Crippen LogP) is 3.61. The topological polar surface area (TPSA) is 68.6 Å². The lowest BCUT2D eigenvalue weighted by atomic mass is 10.1. The van der Waals surface area contributed by atoms with Gasteiger partial charge in [0.2, 0.25) is 0 Å². The first kappa shape index (κ1) is 16.4. The van der Waals surface area contributed by atoms with Gasteiger partial charge in [0.25, 0.3) is 0 Å². The van der Waals surface area contributed by atoms with Crippen molar-refractivity contribution in [3.05, 3.63) is 66.2 Å². The molecule has 1 heterocycles. The lowest BCUT2D eigenvalue weighted by molar-refractivity contribution is 0.402. The van der Waals surface area contributed by atoms with E-state index in [0.717, 1.165) is 22.6 Å². The Bertz CT molecular complexity index is 849. The summed E-state index contributed by atoms with van der Waals surface area (Å²) in [7, 11) is 3.23. The van der Waals surface area contributed by atoms with E-state index in [1.807, 2.05) is 60.7 Å². The maximum absolute atomic E-state index is 5.31. The molecule has 0 aliphatic rings. The lowest BCUT2D eigenvalue weighted by Gasteiger charge is -2.06. The van der Waals surface area contributed by atoms with E-state index in [1.165, 1.54) is 0 Å². The number of methoxy groups -OCH3 is 2. The van der Waals surface area contributed by atoms with Crippen LogP contribution >= 0.6 is 0 Å². The third-order valence-corrected chi connectivity index (χ3v) is 3.55. The summed E-state index contributed by atoms with van der Waals surface area (Å²) in [5.74, 6) is 1.99. The van der Waals surface area contributed by atoms with Crippen LogP contribution < -0.4 is 14.9 Å². The smallest absolute Gasteiger partial charge is 0.168 e. The van der Waals surface area contributed by atoms with Crippen LogP contribution in [0.2, 0.25) is 0 Å². The molecule has 6 nitrogen and oxygen atoms in total. The van der Waals surface area contributed by atoms with Gasteiger partial charge in [-0.2, -0.15) is 5.10 Å². The van der Waals surface area contributed by atoms with Crippen molar-refractivity contribution in [2.24, 2.45) is 5.10 Å². The second-order valence-electron chi connectivity index (χ2n) is 5.15. The first-order valence-corrected chi connectivity index (χ1v) is 7.70. The minimum Gasteiger partial charge on any atom is -0.497 e. The van der Waals surface area contributed by atoms with Crippen molar-refractivity contribution in [1.82, 2.24) is 10.2 Å². The van der Waals surface area contributed by atoms with Crippen LogP contribution in [0.25, 0.3) is 11.3 Å². The number of hydrogen-bond acceptors (Lipinski definition) is 6. The molecule has 0 unspecified atom stereocenters. The number of anilines is 1. The summed E-state index contributed by atoms with van der Waals surface area (Å²) in [4.78, 5) is 0. The fourth-order valence-corrected chi connectivity index (χ4v) is 2.26. The number of nitrogens with one attached hydrogen (secondary N) is 1. The van der Waals surface area contributed by atoms with Crippen LogP contribution in [0.15, 0.2) is 65.8 Å². The molecule has 3 rings (SSSR count). The Kier molecular flexibility index (Phi) is 5.21. The average molecular weight is 334 g/mol. The van der Waals surface area contributed by atoms with Gasteiger partial charge in [0.05, 0.1) is 26.1 Å². The molecule has 126 valence electrons. The van der Waals surface area contributed by atoms with E-state index in [1.54, 1.807) is 20.4 Å². The fourth-order valence-electron chi connectivity index (χ4n) is 2.26. The molecule has 2 aromatic carbocycles. The van der Waals surface area contributed by atoms with Crippen LogP contribution in [0.5, 0.6) is 11.5 Å². The Morgan fingerprint density at radius 3 is 2.44 bits per heavy atom. The highest BCUT2D eigenvalue weighted by Crippen LogP contribution is 2.22. The van der Waals surface area contributed by atoms with Gasteiger partial charge in [-0.15, -0.1) is 10.2 Å². The number of nitrogens with zero attached hydrogens (tertiary/aromatic N) is 3. The van der Waals surface area contributed by atoms with Gasteiger partial charge in [-0.05, 0) is 30.3 Å². The maximum Gasteiger partial charge on any atom is 0.168 e. The highest BCUT2D eigenvalue weighted by atomic mass is 16.5. The Morgan fingerprint density at radius 2 is 1.76 bits per heavy atom. The highest BCUT2D eigenvalue weighted by molar-refractivity contribution is 5.84. The largest absolute Gasteiger partial charge is 0.497 e. The lowest BCUT2D eigenvalue weighted by Crippen LogP contribution is -1.98. The fraction of sp³-hybridized carbons (Fsp3) is 0.105. The minimum atomic E-state index is 0.554. The summed E-state index contributed by atoms with van der Waals surface area (Å²) in [6.45, 7) is 0. The van der Waals surface area contributed by atoms with Gasteiger partial charge in [0.1, 0.15) is 11.5 Å². The third kappa shape index (κ3) is 4.11. The zero-order chi connectivity index (χ0) is 17.5. The molecule has 1 aromatic heterocycles. The minimum absolute atomic E-state index is 0.554. The van der Waals surface area contributed by atoms with Gasteiger partial charge in [-0.3, -0.25) is 5.43 Å². The predicted molar refractivity (Wildman–Crippen MR) is 98.2 cm³/mol. The molecule has 1 N–H and O–H groups in total. The number of benzene rings is 2. The Labute approximate surface area is 146 Å². The molecule has 0 fully saturated rings. The van der Waals surface area contributed by atoms with Crippen molar-refractivity contribution in [3.63, 3.8) is 0 Å². The molecule has 25 heavy (non-hydrogen) atoms. The summed E-state index contributed by atoms with van der Waals surface area (Å²) >= 11 is 0. The quantitative estimate of drug-likeness (QED) is 0.551. The Balaban J connectivity index is 1.70. The molecular weight excluding hydrogens is 316 g/mol. The highest BCUT2D eigenvalue weighted by Gasteiger charge is 2.03. The number of hydrazone groups is 1.